The number of aromatic amines is 1. The van der Waals surface area contributed by atoms with Gasteiger partial charge in [-0.1, -0.05) is 30.3 Å². The monoisotopic (exact) mass is 403 g/mol. The van der Waals surface area contributed by atoms with Gasteiger partial charge in [0.2, 0.25) is 11.8 Å². The zero-order chi connectivity index (χ0) is 21.1. The topological polar surface area (TPSA) is 118 Å². The summed E-state index contributed by atoms with van der Waals surface area (Å²) in [5, 5.41) is 18.1. The first-order valence-electron chi connectivity index (χ1n) is 9.47. The van der Waals surface area contributed by atoms with Crippen LogP contribution in [0.1, 0.15) is 12.5 Å². The van der Waals surface area contributed by atoms with Crippen LogP contribution in [-0.4, -0.2) is 43.0 Å². The van der Waals surface area contributed by atoms with Gasteiger partial charge in [-0.15, -0.1) is 5.10 Å². The van der Waals surface area contributed by atoms with Gasteiger partial charge in [-0.25, -0.2) is 4.68 Å². The second-order valence-electron chi connectivity index (χ2n) is 7.01. The highest BCUT2D eigenvalue weighted by Gasteiger charge is 2.22. The molecule has 0 aliphatic carbocycles. The fraction of sp³-hybridized carbons (Fsp3) is 0.190. The van der Waals surface area contributed by atoms with Crippen LogP contribution in [0.15, 0.2) is 54.7 Å². The number of hydrogen-bond donors (Lipinski definition) is 3. The molecule has 1 atom stereocenters. The molecular formula is C21H21N7O2. The first kappa shape index (κ1) is 19.3. The Morgan fingerprint density at radius 2 is 2.00 bits per heavy atom. The van der Waals surface area contributed by atoms with Crippen molar-refractivity contribution in [1.82, 2.24) is 30.5 Å². The third kappa shape index (κ3) is 4.04. The van der Waals surface area contributed by atoms with Gasteiger partial charge < -0.3 is 15.6 Å². The van der Waals surface area contributed by atoms with Gasteiger partial charge in [0.25, 0.3) is 0 Å². The van der Waals surface area contributed by atoms with Crippen LogP contribution in [0.4, 0.5) is 5.69 Å². The van der Waals surface area contributed by atoms with Crippen LogP contribution in [-0.2, 0) is 23.1 Å². The van der Waals surface area contributed by atoms with E-state index in [1.165, 1.54) is 6.92 Å². The Hall–Kier alpha value is -4.01. The summed E-state index contributed by atoms with van der Waals surface area (Å²) in [4.78, 5) is 27.9. The number of amides is 2. The minimum absolute atomic E-state index is 0.270. The van der Waals surface area contributed by atoms with E-state index in [1.807, 2.05) is 42.6 Å². The Morgan fingerprint density at radius 1 is 1.17 bits per heavy atom. The molecule has 2 aromatic heterocycles. The van der Waals surface area contributed by atoms with Crippen molar-refractivity contribution < 1.29 is 9.59 Å². The second-order valence-corrected chi connectivity index (χ2v) is 7.01. The minimum atomic E-state index is -0.721. The van der Waals surface area contributed by atoms with Crippen molar-refractivity contribution in [3.05, 3.63) is 60.3 Å². The smallest absolute Gasteiger partial charge is 0.247 e. The van der Waals surface area contributed by atoms with Crippen molar-refractivity contribution in [2.75, 3.05) is 5.32 Å². The first-order valence-corrected chi connectivity index (χ1v) is 9.47. The van der Waals surface area contributed by atoms with Gasteiger partial charge in [-0.3, -0.25) is 9.59 Å². The van der Waals surface area contributed by atoms with E-state index in [0.29, 0.717) is 17.9 Å². The molecule has 2 heterocycles. The fourth-order valence-electron chi connectivity index (χ4n) is 3.41. The number of anilines is 1. The number of H-pyrrole nitrogens is 1. The molecule has 152 valence electrons. The number of fused-ring (bicyclic) bond motifs is 1. The number of nitrogens with zero attached hydrogens (tertiary/aromatic N) is 4. The van der Waals surface area contributed by atoms with Crippen molar-refractivity contribution in [2.24, 2.45) is 7.05 Å². The molecule has 0 spiro atoms. The quantitative estimate of drug-likeness (QED) is 0.455. The van der Waals surface area contributed by atoms with Crippen molar-refractivity contribution in [3.63, 3.8) is 0 Å². The van der Waals surface area contributed by atoms with Crippen molar-refractivity contribution in [2.45, 2.75) is 19.4 Å². The van der Waals surface area contributed by atoms with Gasteiger partial charge in [0.1, 0.15) is 6.04 Å². The van der Waals surface area contributed by atoms with Crippen molar-refractivity contribution in [1.29, 1.82) is 0 Å². The number of hydrogen-bond acceptors (Lipinski definition) is 5. The Labute approximate surface area is 172 Å². The molecule has 0 bridgehead atoms. The van der Waals surface area contributed by atoms with E-state index in [4.69, 9.17) is 0 Å². The summed E-state index contributed by atoms with van der Waals surface area (Å²) in [7, 11) is 1.74. The molecule has 0 radical (unpaired) electrons. The molecule has 2 aromatic carbocycles. The van der Waals surface area contributed by atoms with E-state index in [2.05, 4.69) is 31.1 Å². The lowest BCUT2D eigenvalue weighted by atomic mass is 10.0. The van der Waals surface area contributed by atoms with E-state index >= 15 is 0 Å². The number of aromatic nitrogens is 5. The molecule has 3 N–H and O–H groups in total. The predicted octanol–water partition coefficient (Wildman–Crippen LogP) is 2.04. The van der Waals surface area contributed by atoms with Crippen LogP contribution >= 0.6 is 0 Å². The molecule has 0 aliphatic rings. The molecule has 1 unspecified atom stereocenters. The van der Waals surface area contributed by atoms with Crippen LogP contribution in [0.2, 0.25) is 0 Å². The van der Waals surface area contributed by atoms with E-state index in [-0.39, 0.29) is 11.8 Å². The van der Waals surface area contributed by atoms with Crippen LogP contribution < -0.4 is 10.6 Å². The van der Waals surface area contributed by atoms with Gasteiger partial charge >= 0.3 is 0 Å². The molecule has 9 nitrogen and oxygen atoms in total. The molecule has 0 fully saturated rings. The van der Waals surface area contributed by atoms with Crippen molar-refractivity contribution in [3.8, 4) is 11.4 Å². The van der Waals surface area contributed by atoms with Gasteiger partial charge in [0, 0.05) is 48.7 Å². The molecule has 0 saturated heterocycles. The number of carbonyl (C=O) groups excluding carboxylic acids is 2. The predicted molar refractivity (Wildman–Crippen MR) is 112 cm³/mol. The largest absolute Gasteiger partial charge is 0.361 e. The summed E-state index contributed by atoms with van der Waals surface area (Å²) in [6, 6.07) is 14.4. The van der Waals surface area contributed by atoms with E-state index in [0.717, 1.165) is 22.0 Å². The number of nitrogens with one attached hydrogen (secondary N) is 3. The first-order chi connectivity index (χ1) is 14.5. The van der Waals surface area contributed by atoms with E-state index < -0.39 is 6.04 Å². The zero-order valence-electron chi connectivity index (χ0n) is 16.6. The molecular weight excluding hydrogens is 382 g/mol. The molecule has 2 amide bonds. The molecule has 4 aromatic rings. The molecule has 0 saturated carbocycles. The Kier molecular flexibility index (Phi) is 5.25. The standard InChI is InChI=1S/C21H21N7O2/c1-13(29)23-19(11-15-12-22-18-9-4-3-8-17(15)18)21(30)24-16-7-5-6-14(10-16)20-25-26-27-28(20)2/h3-10,12,19,22H,11H2,1-2H3,(H,23,29)(H,24,30). The number of aryl methyl sites for hydroxylation is 1. The Morgan fingerprint density at radius 3 is 2.77 bits per heavy atom. The van der Waals surface area contributed by atoms with Crippen LogP contribution in [0, 0.1) is 0 Å². The van der Waals surface area contributed by atoms with Crippen LogP contribution in [0.5, 0.6) is 0 Å². The highest BCUT2D eigenvalue weighted by atomic mass is 16.2. The average molecular weight is 403 g/mol. The Bertz CT molecular complexity index is 1210. The number of rotatable bonds is 6. The van der Waals surface area contributed by atoms with Gasteiger partial charge in [-0.2, -0.15) is 0 Å². The summed E-state index contributed by atoms with van der Waals surface area (Å²) in [5.74, 6) is 0.0147. The molecule has 0 aliphatic heterocycles. The number of para-hydroxylation sites is 1. The summed E-state index contributed by atoms with van der Waals surface area (Å²) in [6.45, 7) is 1.40. The Balaban J connectivity index is 1.56. The average Bonchev–Trinajstić information content (AvgIpc) is 3.34. The van der Waals surface area contributed by atoms with Gasteiger partial charge in [0.15, 0.2) is 5.82 Å². The van der Waals surface area contributed by atoms with Crippen molar-refractivity contribution >= 4 is 28.4 Å². The van der Waals surface area contributed by atoms with Crippen LogP contribution in [0.3, 0.4) is 0 Å². The third-order valence-electron chi connectivity index (χ3n) is 4.80. The maximum atomic E-state index is 13.0. The fourth-order valence-corrected chi connectivity index (χ4v) is 3.41. The third-order valence-corrected chi connectivity index (χ3v) is 4.80. The number of tetrazole rings is 1. The maximum absolute atomic E-state index is 13.0. The SMILES string of the molecule is CC(=O)NC(Cc1c[nH]c2ccccc12)C(=O)Nc1cccc(-c2nnnn2C)c1. The second kappa shape index (κ2) is 8.16. The summed E-state index contributed by atoms with van der Waals surface area (Å²) < 4.78 is 1.55. The number of benzene rings is 2. The van der Waals surface area contributed by atoms with Crippen LogP contribution in [0.25, 0.3) is 22.3 Å². The molecule has 9 heteroatoms. The summed E-state index contributed by atoms with van der Waals surface area (Å²) in [6.07, 6.45) is 2.23. The highest BCUT2D eigenvalue weighted by molar-refractivity contribution is 5.98. The highest BCUT2D eigenvalue weighted by Crippen LogP contribution is 2.21. The van der Waals surface area contributed by atoms with E-state index in [9.17, 15) is 9.59 Å². The van der Waals surface area contributed by atoms with Gasteiger partial charge in [-0.05, 0) is 34.2 Å². The maximum Gasteiger partial charge on any atom is 0.247 e. The minimum Gasteiger partial charge on any atom is -0.361 e. The summed E-state index contributed by atoms with van der Waals surface area (Å²) >= 11 is 0. The molecule has 30 heavy (non-hydrogen) atoms. The normalized spacial score (nSPS) is 11.9. The van der Waals surface area contributed by atoms with Gasteiger partial charge in [0.05, 0.1) is 0 Å². The lowest BCUT2D eigenvalue weighted by Gasteiger charge is -2.18. The lowest BCUT2D eigenvalue weighted by Crippen LogP contribution is -2.44. The lowest BCUT2D eigenvalue weighted by molar-refractivity contribution is -0.125. The number of carbonyl (C=O) groups is 2. The van der Waals surface area contributed by atoms with E-state index in [1.54, 1.807) is 23.9 Å². The summed E-state index contributed by atoms with van der Waals surface area (Å²) in [5.41, 5.74) is 3.31. The molecule has 4 rings (SSSR count). The zero-order valence-corrected chi connectivity index (χ0v) is 16.6.